The van der Waals surface area contributed by atoms with Crippen LogP contribution in [0.4, 0.5) is 0 Å². The summed E-state index contributed by atoms with van der Waals surface area (Å²) < 4.78 is 10.9. The van der Waals surface area contributed by atoms with Gasteiger partial charge in [-0.2, -0.15) is 11.8 Å². The molecule has 0 saturated heterocycles. The van der Waals surface area contributed by atoms with Crippen LogP contribution in [0.25, 0.3) is 0 Å². The first-order chi connectivity index (χ1) is 8.77. The normalized spacial score (nSPS) is 12.2. The van der Waals surface area contributed by atoms with Crippen molar-refractivity contribution < 1.29 is 9.47 Å². The number of benzene rings is 1. The van der Waals surface area contributed by atoms with E-state index >= 15 is 0 Å². The number of methoxy groups -OCH3 is 1. The van der Waals surface area contributed by atoms with Crippen molar-refractivity contribution in [2.75, 3.05) is 33.1 Å². The van der Waals surface area contributed by atoms with Gasteiger partial charge in [-0.1, -0.05) is 19.1 Å². The van der Waals surface area contributed by atoms with E-state index < -0.39 is 0 Å². The second-order valence-corrected chi connectivity index (χ2v) is 5.36. The second-order valence-electron chi connectivity index (χ2n) is 4.08. The summed E-state index contributed by atoms with van der Waals surface area (Å²) in [5.41, 5.74) is 0. The maximum Gasteiger partial charge on any atom is 0.161 e. The summed E-state index contributed by atoms with van der Waals surface area (Å²) >= 11 is 1.90. The van der Waals surface area contributed by atoms with E-state index in [4.69, 9.17) is 9.47 Å². The Bertz CT molecular complexity index is 333. The maximum atomic E-state index is 5.67. The van der Waals surface area contributed by atoms with Crippen molar-refractivity contribution >= 4 is 11.8 Å². The Morgan fingerprint density at radius 2 is 1.94 bits per heavy atom. The third kappa shape index (κ3) is 5.65. The van der Waals surface area contributed by atoms with Gasteiger partial charge >= 0.3 is 0 Å². The van der Waals surface area contributed by atoms with Gasteiger partial charge in [0.15, 0.2) is 11.5 Å². The quantitative estimate of drug-likeness (QED) is 0.698. The molecule has 3 nitrogen and oxygen atoms in total. The minimum absolute atomic E-state index is 0.661. The first-order valence-electron chi connectivity index (χ1n) is 6.27. The molecule has 0 aliphatic rings. The van der Waals surface area contributed by atoms with Crippen LogP contribution < -0.4 is 14.8 Å². The van der Waals surface area contributed by atoms with Gasteiger partial charge in [-0.25, -0.2) is 0 Å². The molecule has 0 heterocycles. The molecule has 1 atom stereocenters. The number of hydrogen-bond donors (Lipinski definition) is 1. The molecule has 18 heavy (non-hydrogen) atoms. The standard InChI is InChI=1S/C14H23NO2S/c1-12(18-3)8-9-15-10-11-17-14-7-5-4-6-13(14)16-2/h4-7,12,15H,8-11H2,1-3H3. The van der Waals surface area contributed by atoms with Gasteiger partial charge in [0.05, 0.1) is 7.11 Å². The van der Waals surface area contributed by atoms with Gasteiger partial charge in [-0.15, -0.1) is 0 Å². The van der Waals surface area contributed by atoms with Crippen LogP contribution in [0.2, 0.25) is 0 Å². The monoisotopic (exact) mass is 269 g/mol. The fraction of sp³-hybridized carbons (Fsp3) is 0.571. The predicted molar refractivity (Wildman–Crippen MR) is 79.0 cm³/mol. The Hall–Kier alpha value is -0.870. The molecule has 4 heteroatoms. The van der Waals surface area contributed by atoms with E-state index in [0.717, 1.165) is 24.6 Å². The van der Waals surface area contributed by atoms with Crippen LogP contribution in [0.5, 0.6) is 11.5 Å². The van der Waals surface area contributed by atoms with Crippen LogP contribution in [0.15, 0.2) is 24.3 Å². The van der Waals surface area contributed by atoms with E-state index in [0.29, 0.717) is 11.9 Å². The van der Waals surface area contributed by atoms with Crippen molar-refractivity contribution in [1.29, 1.82) is 0 Å². The average Bonchev–Trinajstić information content (AvgIpc) is 2.42. The lowest BCUT2D eigenvalue weighted by molar-refractivity contribution is 0.292. The number of hydrogen-bond acceptors (Lipinski definition) is 4. The number of thioether (sulfide) groups is 1. The van der Waals surface area contributed by atoms with Crippen molar-refractivity contribution in [3.63, 3.8) is 0 Å². The summed E-state index contributed by atoms with van der Waals surface area (Å²) in [6, 6.07) is 7.72. The second kappa shape index (κ2) is 9.11. The highest BCUT2D eigenvalue weighted by Crippen LogP contribution is 2.25. The fourth-order valence-corrected chi connectivity index (χ4v) is 1.87. The highest BCUT2D eigenvalue weighted by molar-refractivity contribution is 7.99. The Kier molecular flexibility index (Phi) is 7.69. The van der Waals surface area contributed by atoms with Crippen LogP contribution in [0, 0.1) is 0 Å². The molecule has 0 bridgehead atoms. The molecule has 1 unspecified atom stereocenters. The molecular formula is C14H23NO2S. The van der Waals surface area contributed by atoms with Gasteiger partial charge < -0.3 is 14.8 Å². The first-order valence-corrected chi connectivity index (χ1v) is 7.56. The van der Waals surface area contributed by atoms with Crippen LogP contribution in [0.1, 0.15) is 13.3 Å². The largest absolute Gasteiger partial charge is 0.493 e. The molecule has 1 aromatic rings. The molecule has 0 radical (unpaired) electrons. The molecular weight excluding hydrogens is 246 g/mol. The van der Waals surface area contributed by atoms with E-state index in [1.54, 1.807) is 7.11 Å². The van der Waals surface area contributed by atoms with Crippen LogP contribution >= 0.6 is 11.8 Å². The predicted octanol–water partition coefficient (Wildman–Crippen LogP) is 2.81. The zero-order chi connectivity index (χ0) is 13.2. The number of rotatable bonds is 9. The zero-order valence-corrected chi connectivity index (χ0v) is 12.3. The van der Waals surface area contributed by atoms with Gasteiger partial charge in [0.2, 0.25) is 0 Å². The SMILES string of the molecule is COc1ccccc1OCCNCCC(C)SC. The van der Waals surface area contributed by atoms with E-state index in [1.807, 2.05) is 36.0 Å². The fourth-order valence-electron chi connectivity index (χ4n) is 1.52. The van der Waals surface area contributed by atoms with E-state index in [2.05, 4.69) is 18.5 Å². The van der Waals surface area contributed by atoms with Gasteiger partial charge in [0, 0.05) is 11.8 Å². The molecule has 1 aromatic carbocycles. The Morgan fingerprint density at radius 3 is 2.61 bits per heavy atom. The van der Waals surface area contributed by atoms with Crippen LogP contribution in [0.3, 0.4) is 0 Å². The van der Waals surface area contributed by atoms with E-state index in [1.165, 1.54) is 6.42 Å². The van der Waals surface area contributed by atoms with Crippen molar-refractivity contribution in [3.8, 4) is 11.5 Å². The van der Waals surface area contributed by atoms with Crippen molar-refractivity contribution in [3.05, 3.63) is 24.3 Å². The third-order valence-electron chi connectivity index (χ3n) is 2.74. The summed E-state index contributed by atoms with van der Waals surface area (Å²) in [5.74, 6) is 1.59. The van der Waals surface area contributed by atoms with Gasteiger partial charge in [-0.05, 0) is 31.4 Å². The topological polar surface area (TPSA) is 30.5 Å². The van der Waals surface area contributed by atoms with E-state index in [9.17, 15) is 0 Å². The minimum atomic E-state index is 0.661. The van der Waals surface area contributed by atoms with Gasteiger partial charge in [-0.3, -0.25) is 0 Å². The lowest BCUT2D eigenvalue weighted by Crippen LogP contribution is -2.23. The summed E-state index contributed by atoms with van der Waals surface area (Å²) in [6.45, 7) is 4.81. The minimum Gasteiger partial charge on any atom is -0.493 e. The molecule has 0 aliphatic carbocycles. The maximum absolute atomic E-state index is 5.67. The number of para-hydroxylation sites is 2. The number of nitrogens with one attached hydrogen (secondary N) is 1. The van der Waals surface area contributed by atoms with Crippen molar-refractivity contribution in [2.24, 2.45) is 0 Å². The van der Waals surface area contributed by atoms with Gasteiger partial charge in [0.25, 0.3) is 0 Å². The molecule has 0 aliphatic heterocycles. The average molecular weight is 269 g/mol. The summed E-state index contributed by atoms with van der Waals surface area (Å²) in [5, 5.41) is 4.09. The van der Waals surface area contributed by atoms with Crippen LogP contribution in [-0.4, -0.2) is 38.3 Å². The Labute approximate surface area is 114 Å². The molecule has 0 aromatic heterocycles. The highest BCUT2D eigenvalue weighted by atomic mass is 32.2. The molecule has 1 N–H and O–H groups in total. The summed E-state index contributed by atoms with van der Waals surface area (Å²) in [4.78, 5) is 0. The molecule has 102 valence electrons. The Balaban J connectivity index is 2.14. The summed E-state index contributed by atoms with van der Waals surface area (Å²) in [6.07, 6.45) is 3.34. The molecule has 0 spiro atoms. The smallest absolute Gasteiger partial charge is 0.161 e. The lowest BCUT2D eigenvalue weighted by atomic mass is 10.3. The Morgan fingerprint density at radius 1 is 1.22 bits per heavy atom. The lowest BCUT2D eigenvalue weighted by Gasteiger charge is -2.11. The molecule has 0 saturated carbocycles. The zero-order valence-electron chi connectivity index (χ0n) is 11.4. The van der Waals surface area contributed by atoms with E-state index in [-0.39, 0.29) is 0 Å². The van der Waals surface area contributed by atoms with Crippen LogP contribution in [-0.2, 0) is 0 Å². The summed E-state index contributed by atoms with van der Waals surface area (Å²) in [7, 11) is 1.66. The molecule has 0 amide bonds. The van der Waals surface area contributed by atoms with Gasteiger partial charge in [0.1, 0.15) is 6.61 Å². The third-order valence-corrected chi connectivity index (χ3v) is 3.78. The highest BCUT2D eigenvalue weighted by Gasteiger charge is 2.02. The van der Waals surface area contributed by atoms with Crippen molar-refractivity contribution in [1.82, 2.24) is 5.32 Å². The van der Waals surface area contributed by atoms with Crippen molar-refractivity contribution in [2.45, 2.75) is 18.6 Å². The molecule has 0 fully saturated rings. The molecule has 1 rings (SSSR count). The number of ether oxygens (including phenoxy) is 2. The first kappa shape index (κ1) is 15.2.